The topological polar surface area (TPSA) is 62.2 Å². The lowest BCUT2D eigenvalue weighted by Crippen LogP contribution is -2.42. The molecule has 0 aromatic carbocycles. The van der Waals surface area contributed by atoms with Crippen LogP contribution in [0.2, 0.25) is 0 Å². The molecule has 0 aliphatic carbocycles. The number of nitrogens with zero attached hydrogens (tertiary/aromatic N) is 3. The Hall–Kier alpha value is -0.870. The molecular formula is C4H6F3N3O3S. The van der Waals surface area contributed by atoms with Crippen LogP contribution < -0.4 is 0 Å². The first kappa shape index (κ1) is 11.2. The van der Waals surface area contributed by atoms with Gasteiger partial charge in [0.15, 0.2) is 0 Å². The molecule has 1 rings (SSSR count). The van der Waals surface area contributed by atoms with E-state index in [4.69, 9.17) is 0 Å². The van der Waals surface area contributed by atoms with Crippen molar-refractivity contribution in [1.82, 2.24) is 9.65 Å². The van der Waals surface area contributed by atoms with Crippen molar-refractivity contribution in [3.05, 3.63) is 0 Å². The molecule has 14 heavy (non-hydrogen) atoms. The Bertz CT molecular complexity index is 345. The van der Waals surface area contributed by atoms with Crippen LogP contribution in [0.5, 0.6) is 0 Å². The number of amidine groups is 1. The summed E-state index contributed by atoms with van der Waals surface area (Å²) < 4.78 is 62.8. The van der Waals surface area contributed by atoms with Gasteiger partial charge in [0.2, 0.25) is 0 Å². The van der Waals surface area contributed by atoms with Crippen molar-refractivity contribution in [1.29, 1.82) is 0 Å². The highest BCUT2D eigenvalue weighted by Gasteiger charge is 2.44. The SMILES string of the molecule is CCOS(=O)(=O)N1C(F)=NC(F)N1F. The molecule has 1 aliphatic rings. The van der Waals surface area contributed by atoms with Crippen molar-refractivity contribution in [2.24, 2.45) is 4.99 Å². The van der Waals surface area contributed by atoms with Gasteiger partial charge < -0.3 is 0 Å². The number of hydrogen-bond acceptors (Lipinski definition) is 5. The third-order valence-corrected chi connectivity index (χ3v) is 2.46. The van der Waals surface area contributed by atoms with E-state index in [2.05, 4.69) is 9.18 Å². The van der Waals surface area contributed by atoms with Crippen LogP contribution in [0.1, 0.15) is 6.92 Å². The van der Waals surface area contributed by atoms with Gasteiger partial charge in [-0.05, 0) is 6.92 Å². The number of halogens is 3. The van der Waals surface area contributed by atoms with E-state index < -0.39 is 32.5 Å². The van der Waals surface area contributed by atoms with Gasteiger partial charge in [-0.1, -0.05) is 4.41 Å². The second-order valence-corrected chi connectivity index (χ2v) is 3.54. The second kappa shape index (κ2) is 3.71. The molecular weight excluding hydrogens is 227 g/mol. The fraction of sp³-hybridized carbons (Fsp3) is 0.750. The number of alkyl halides is 1. The number of hydrogen-bond donors (Lipinski definition) is 0. The molecule has 82 valence electrons. The minimum atomic E-state index is -4.70. The third kappa shape index (κ3) is 1.81. The van der Waals surface area contributed by atoms with Gasteiger partial charge >= 0.3 is 16.4 Å². The summed E-state index contributed by atoms with van der Waals surface area (Å²) in [4.78, 5) is 2.40. The predicted octanol–water partition coefficient (Wildman–Crippen LogP) is 0.263. The number of rotatable bonds is 3. The van der Waals surface area contributed by atoms with Crippen LogP contribution in [-0.2, 0) is 14.5 Å². The van der Waals surface area contributed by atoms with Gasteiger partial charge in [0.05, 0.1) is 6.61 Å². The minimum absolute atomic E-state index is 0.336. The Balaban J connectivity index is 2.95. The Morgan fingerprint density at radius 3 is 2.57 bits per heavy atom. The molecule has 0 aromatic heterocycles. The van der Waals surface area contributed by atoms with E-state index in [0.717, 1.165) is 0 Å². The standard InChI is InChI=1S/C4H6F3N3O3S/c1-2-13-14(11,12)10-4(6)8-3(5)9(10)7/h3H,2H2,1H3. The zero-order chi connectivity index (χ0) is 10.9. The van der Waals surface area contributed by atoms with Gasteiger partial charge in [-0.2, -0.15) is 22.2 Å². The molecule has 1 unspecified atom stereocenters. The summed E-state index contributed by atoms with van der Waals surface area (Å²) in [6.07, 6.45) is -4.54. The van der Waals surface area contributed by atoms with E-state index in [9.17, 15) is 21.7 Å². The van der Waals surface area contributed by atoms with Crippen molar-refractivity contribution < 1.29 is 25.9 Å². The van der Waals surface area contributed by atoms with Crippen molar-refractivity contribution >= 4 is 16.4 Å². The van der Waals surface area contributed by atoms with E-state index in [1.165, 1.54) is 6.92 Å². The van der Waals surface area contributed by atoms with Gasteiger partial charge in [0.25, 0.3) is 6.42 Å². The maximum atomic E-state index is 12.6. The normalized spacial score (nSPS) is 24.1. The lowest BCUT2D eigenvalue weighted by molar-refractivity contribution is -0.147. The summed E-state index contributed by atoms with van der Waals surface area (Å²) in [5.41, 5.74) is 0. The van der Waals surface area contributed by atoms with Gasteiger partial charge in [-0.15, -0.1) is 4.48 Å². The summed E-state index contributed by atoms with van der Waals surface area (Å²) in [5, 5.41) is -1.03. The van der Waals surface area contributed by atoms with Crippen LogP contribution in [0.4, 0.5) is 13.3 Å². The van der Waals surface area contributed by atoms with Crippen molar-refractivity contribution in [3.8, 4) is 0 Å². The second-order valence-electron chi connectivity index (χ2n) is 2.10. The summed E-state index contributed by atoms with van der Waals surface area (Å²) in [5.74, 6) is 0. The minimum Gasteiger partial charge on any atom is -0.253 e. The van der Waals surface area contributed by atoms with Gasteiger partial charge in [-0.3, -0.25) is 4.18 Å². The largest absolute Gasteiger partial charge is 0.381 e. The van der Waals surface area contributed by atoms with Gasteiger partial charge in [0, 0.05) is 5.23 Å². The monoisotopic (exact) mass is 233 g/mol. The predicted molar refractivity (Wildman–Crippen MR) is 38.8 cm³/mol. The lowest BCUT2D eigenvalue weighted by atomic mass is 10.9. The maximum Gasteiger partial charge on any atom is 0.381 e. The molecule has 0 N–H and O–H groups in total. The molecule has 1 aliphatic heterocycles. The van der Waals surface area contributed by atoms with E-state index in [1.54, 1.807) is 0 Å². The van der Waals surface area contributed by atoms with Crippen LogP contribution in [0.3, 0.4) is 0 Å². The summed E-state index contributed by atoms with van der Waals surface area (Å²) >= 11 is 0. The van der Waals surface area contributed by atoms with Crippen LogP contribution in [-0.4, -0.2) is 37.2 Å². The molecule has 0 saturated heterocycles. The zero-order valence-electron chi connectivity index (χ0n) is 6.89. The first-order chi connectivity index (χ1) is 6.40. The zero-order valence-corrected chi connectivity index (χ0v) is 7.71. The van der Waals surface area contributed by atoms with Crippen molar-refractivity contribution in [2.75, 3.05) is 6.61 Å². The molecule has 0 fully saturated rings. The van der Waals surface area contributed by atoms with E-state index in [-0.39, 0.29) is 6.61 Å². The first-order valence-electron chi connectivity index (χ1n) is 3.42. The summed E-state index contributed by atoms with van der Waals surface area (Å²) in [6, 6.07) is 0. The van der Waals surface area contributed by atoms with Gasteiger partial charge in [-0.25, -0.2) is 0 Å². The summed E-state index contributed by atoms with van der Waals surface area (Å²) in [6.45, 7) is 0.953. The molecule has 6 nitrogen and oxygen atoms in total. The van der Waals surface area contributed by atoms with Crippen molar-refractivity contribution in [3.63, 3.8) is 0 Å². The maximum absolute atomic E-state index is 12.6. The van der Waals surface area contributed by atoms with E-state index in [1.807, 2.05) is 0 Å². The highest BCUT2D eigenvalue weighted by Crippen LogP contribution is 2.22. The number of hydrazine groups is 1. The molecule has 1 atom stereocenters. The van der Waals surface area contributed by atoms with Gasteiger partial charge in [0.1, 0.15) is 0 Å². The fourth-order valence-electron chi connectivity index (χ4n) is 0.737. The van der Waals surface area contributed by atoms with E-state index >= 15 is 0 Å². The Labute approximate surface area is 77.7 Å². The quantitative estimate of drug-likeness (QED) is 0.518. The molecule has 0 spiro atoms. The molecule has 0 bridgehead atoms. The highest BCUT2D eigenvalue weighted by molar-refractivity contribution is 7.84. The average molecular weight is 233 g/mol. The molecule has 0 saturated carbocycles. The highest BCUT2D eigenvalue weighted by atomic mass is 32.2. The van der Waals surface area contributed by atoms with Crippen LogP contribution in [0, 0.1) is 0 Å². The van der Waals surface area contributed by atoms with Crippen LogP contribution in [0.25, 0.3) is 0 Å². The Morgan fingerprint density at radius 2 is 2.21 bits per heavy atom. The first-order valence-corrected chi connectivity index (χ1v) is 4.78. The van der Waals surface area contributed by atoms with Crippen LogP contribution >= 0.6 is 0 Å². The third-order valence-electron chi connectivity index (χ3n) is 1.20. The van der Waals surface area contributed by atoms with Crippen molar-refractivity contribution in [2.45, 2.75) is 13.3 Å². The average Bonchev–Trinajstić information content (AvgIpc) is 2.26. The van der Waals surface area contributed by atoms with E-state index in [0.29, 0.717) is 0 Å². The molecule has 1 heterocycles. The number of aliphatic imine (C=N–C) groups is 1. The molecule has 10 heteroatoms. The Morgan fingerprint density at radius 1 is 1.64 bits per heavy atom. The fourth-order valence-corrected chi connectivity index (χ4v) is 1.64. The lowest BCUT2D eigenvalue weighted by Gasteiger charge is -2.18. The Kier molecular flexibility index (Phi) is 2.97. The smallest absolute Gasteiger partial charge is 0.253 e. The summed E-state index contributed by atoms with van der Waals surface area (Å²) in [7, 11) is -4.70. The molecule has 0 aromatic rings. The van der Waals surface area contributed by atoms with Crippen LogP contribution in [0.15, 0.2) is 4.99 Å². The molecule has 0 radical (unpaired) electrons. The molecule has 0 amide bonds.